The predicted octanol–water partition coefficient (Wildman–Crippen LogP) is 4.18. The van der Waals surface area contributed by atoms with Crippen molar-refractivity contribution >= 4 is 63.1 Å². The topological polar surface area (TPSA) is 75.6 Å². The minimum atomic E-state index is -1.22. The SMILES string of the molecule is CC(=O)NC(=Cc1cc(I)c(OCc2ccc(F)cc2)c(I)c1)C(=O)O. The van der Waals surface area contributed by atoms with Crippen molar-refractivity contribution in [3.8, 4) is 5.75 Å². The Balaban J connectivity index is 2.22. The van der Waals surface area contributed by atoms with E-state index in [-0.39, 0.29) is 18.1 Å². The Kier molecular flexibility index (Phi) is 7.38. The average Bonchev–Trinajstić information content (AvgIpc) is 2.54. The Morgan fingerprint density at radius 3 is 2.27 bits per heavy atom. The molecule has 0 aliphatic heterocycles. The molecule has 26 heavy (non-hydrogen) atoms. The van der Waals surface area contributed by atoms with E-state index in [1.807, 2.05) is 0 Å². The third-order valence-corrected chi connectivity index (χ3v) is 4.77. The van der Waals surface area contributed by atoms with Crippen molar-refractivity contribution < 1.29 is 23.8 Å². The van der Waals surface area contributed by atoms with Crippen molar-refractivity contribution in [2.24, 2.45) is 0 Å². The highest BCUT2D eigenvalue weighted by molar-refractivity contribution is 14.1. The Hall–Kier alpha value is -1.69. The molecule has 0 aliphatic rings. The fourth-order valence-electron chi connectivity index (χ4n) is 2.04. The van der Waals surface area contributed by atoms with Crippen molar-refractivity contribution in [1.82, 2.24) is 5.32 Å². The van der Waals surface area contributed by atoms with E-state index in [1.165, 1.54) is 25.1 Å². The highest BCUT2D eigenvalue weighted by Crippen LogP contribution is 2.30. The minimum absolute atomic E-state index is 0.205. The maximum absolute atomic E-state index is 12.9. The first-order valence-corrected chi connectivity index (χ1v) is 9.51. The summed E-state index contributed by atoms with van der Waals surface area (Å²) in [6.45, 7) is 1.53. The molecule has 2 aromatic carbocycles. The molecule has 2 N–H and O–H groups in total. The number of aliphatic carboxylic acids is 1. The third kappa shape index (κ3) is 5.94. The van der Waals surface area contributed by atoms with Gasteiger partial charge in [-0.25, -0.2) is 9.18 Å². The van der Waals surface area contributed by atoms with E-state index in [1.54, 1.807) is 24.3 Å². The van der Waals surface area contributed by atoms with Crippen LogP contribution in [0, 0.1) is 13.0 Å². The van der Waals surface area contributed by atoms with Gasteiger partial charge in [0.05, 0.1) is 7.14 Å². The number of hydrogen-bond donors (Lipinski definition) is 2. The van der Waals surface area contributed by atoms with Crippen LogP contribution in [0.3, 0.4) is 0 Å². The predicted molar refractivity (Wildman–Crippen MR) is 112 cm³/mol. The smallest absolute Gasteiger partial charge is 0.352 e. The molecule has 0 aliphatic carbocycles. The second-order valence-electron chi connectivity index (χ2n) is 5.27. The Morgan fingerprint density at radius 2 is 1.77 bits per heavy atom. The van der Waals surface area contributed by atoms with Gasteiger partial charge in [0, 0.05) is 6.92 Å². The fraction of sp³-hybridized carbons (Fsp3) is 0.111. The summed E-state index contributed by atoms with van der Waals surface area (Å²) in [4.78, 5) is 22.3. The van der Waals surface area contributed by atoms with Crippen LogP contribution in [-0.2, 0) is 16.2 Å². The average molecular weight is 581 g/mol. The Bertz CT molecular complexity index is 843. The lowest BCUT2D eigenvalue weighted by atomic mass is 10.2. The van der Waals surface area contributed by atoms with Gasteiger partial charge in [0.1, 0.15) is 23.9 Å². The van der Waals surface area contributed by atoms with Gasteiger partial charge in [-0.3, -0.25) is 4.79 Å². The molecule has 2 aromatic rings. The largest absolute Gasteiger partial charge is 0.487 e. The van der Waals surface area contributed by atoms with E-state index >= 15 is 0 Å². The molecule has 1 amide bonds. The van der Waals surface area contributed by atoms with Crippen LogP contribution >= 0.6 is 45.2 Å². The molecule has 0 saturated heterocycles. The molecule has 0 saturated carbocycles. The van der Waals surface area contributed by atoms with E-state index in [0.29, 0.717) is 11.3 Å². The number of carboxylic acids is 1. The van der Waals surface area contributed by atoms with Crippen molar-refractivity contribution in [1.29, 1.82) is 0 Å². The van der Waals surface area contributed by atoms with Gasteiger partial charge in [-0.05, 0) is 86.7 Å². The molecule has 0 unspecified atom stereocenters. The van der Waals surface area contributed by atoms with E-state index < -0.39 is 11.9 Å². The summed E-state index contributed by atoms with van der Waals surface area (Å²) in [6, 6.07) is 9.56. The number of carbonyl (C=O) groups is 2. The zero-order valence-corrected chi connectivity index (χ0v) is 17.9. The second-order valence-corrected chi connectivity index (χ2v) is 7.60. The standard InChI is InChI=1S/C18H14FI2NO4/c1-10(23)22-16(18(24)25)8-12-6-14(20)17(15(21)7-12)26-9-11-2-4-13(19)5-3-11/h2-8H,9H2,1H3,(H,22,23)(H,24,25). The van der Waals surface area contributed by atoms with Crippen molar-refractivity contribution in [3.63, 3.8) is 0 Å². The normalized spacial score (nSPS) is 11.2. The van der Waals surface area contributed by atoms with Gasteiger partial charge >= 0.3 is 5.97 Å². The van der Waals surface area contributed by atoms with Crippen molar-refractivity contribution in [2.75, 3.05) is 0 Å². The number of amides is 1. The molecule has 136 valence electrons. The summed E-state index contributed by atoms with van der Waals surface area (Å²) in [5.41, 5.74) is 1.25. The molecule has 0 atom stereocenters. The van der Waals surface area contributed by atoms with E-state index in [4.69, 9.17) is 9.84 Å². The fourth-order valence-corrected chi connectivity index (χ4v) is 4.17. The van der Waals surface area contributed by atoms with E-state index in [9.17, 15) is 14.0 Å². The lowest BCUT2D eigenvalue weighted by Gasteiger charge is -2.12. The van der Waals surface area contributed by atoms with Crippen LogP contribution in [0.25, 0.3) is 6.08 Å². The van der Waals surface area contributed by atoms with Crippen LogP contribution in [0.1, 0.15) is 18.1 Å². The van der Waals surface area contributed by atoms with Gasteiger partial charge in [-0.2, -0.15) is 0 Å². The first-order chi connectivity index (χ1) is 12.3. The Labute approximate surface area is 176 Å². The second kappa shape index (κ2) is 9.31. The number of hydrogen-bond acceptors (Lipinski definition) is 3. The van der Waals surface area contributed by atoms with Crippen molar-refractivity contribution in [2.45, 2.75) is 13.5 Å². The third-order valence-electron chi connectivity index (χ3n) is 3.17. The summed E-state index contributed by atoms with van der Waals surface area (Å²) < 4.78 is 20.3. The van der Waals surface area contributed by atoms with Gasteiger partial charge in [0.15, 0.2) is 0 Å². The monoisotopic (exact) mass is 581 g/mol. The number of halogens is 3. The maximum Gasteiger partial charge on any atom is 0.352 e. The maximum atomic E-state index is 12.9. The lowest BCUT2D eigenvalue weighted by molar-refractivity contribution is -0.134. The minimum Gasteiger partial charge on any atom is -0.487 e. The molecule has 5 nitrogen and oxygen atoms in total. The molecule has 8 heteroatoms. The molecule has 0 spiro atoms. The number of benzene rings is 2. The number of carboxylic acid groups (broad SMARTS) is 1. The first kappa shape index (κ1) is 20.6. The van der Waals surface area contributed by atoms with Gasteiger partial charge < -0.3 is 15.2 Å². The number of rotatable bonds is 6. The van der Waals surface area contributed by atoms with E-state index in [2.05, 4.69) is 50.5 Å². The van der Waals surface area contributed by atoms with Crippen LogP contribution in [-0.4, -0.2) is 17.0 Å². The summed E-state index contributed by atoms with van der Waals surface area (Å²) in [7, 11) is 0. The summed E-state index contributed by atoms with van der Waals surface area (Å²) in [5, 5.41) is 11.5. The summed E-state index contributed by atoms with van der Waals surface area (Å²) in [6.07, 6.45) is 1.39. The lowest BCUT2D eigenvalue weighted by Crippen LogP contribution is -2.24. The van der Waals surface area contributed by atoms with E-state index in [0.717, 1.165) is 12.7 Å². The summed E-state index contributed by atoms with van der Waals surface area (Å²) >= 11 is 4.19. The number of nitrogens with one attached hydrogen (secondary N) is 1. The molecule has 0 heterocycles. The molecule has 0 aromatic heterocycles. The quantitative estimate of drug-likeness (QED) is 0.397. The summed E-state index contributed by atoms with van der Waals surface area (Å²) in [5.74, 6) is -1.32. The molecule has 0 radical (unpaired) electrons. The number of ether oxygens (including phenoxy) is 1. The van der Waals surface area contributed by atoms with Gasteiger partial charge in [0.25, 0.3) is 0 Å². The van der Waals surface area contributed by atoms with Crippen LogP contribution in [0.2, 0.25) is 0 Å². The molecule has 0 fully saturated rings. The Morgan fingerprint density at radius 1 is 1.19 bits per heavy atom. The molecule has 0 bridgehead atoms. The van der Waals surface area contributed by atoms with Gasteiger partial charge in [-0.15, -0.1) is 0 Å². The van der Waals surface area contributed by atoms with Crippen LogP contribution in [0.15, 0.2) is 42.1 Å². The highest BCUT2D eigenvalue weighted by atomic mass is 127. The first-order valence-electron chi connectivity index (χ1n) is 7.35. The highest BCUT2D eigenvalue weighted by Gasteiger charge is 2.12. The van der Waals surface area contributed by atoms with Crippen LogP contribution in [0.5, 0.6) is 5.75 Å². The van der Waals surface area contributed by atoms with Crippen LogP contribution in [0.4, 0.5) is 4.39 Å². The zero-order valence-electron chi connectivity index (χ0n) is 13.6. The van der Waals surface area contributed by atoms with Gasteiger partial charge in [0.2, 0.25) is 5.91 Å². The van der Waals surface area contributed by atoms with Gasteiger partial charge in [-0.1, -0.05) is 12.1 Å². The molecular weight excluding hydrogens is 567 g/mol. The molecule has 2 rings (SSSR count). The van der Waals surface area contributed by atoms with Crippen LogP contribution < -0.4 is 10.1 Å². The zero-order chi connectivity index (χ0) is 19.3. The van der Waals surface area contributed by atoms with Crippen molar-refractivity contribution in [3.05, 3.63) is 66.2 Å². The number of carbonyl (C=O) groups excluding carboxylic acids is 1. The molecular formula is C18H14FI2NO4.